The Morgan fingerprint density at radius 2 is 0.812 bits per heavy atom. The lowest BCUT2D eigenvalue weighted by atomic mass is 9.93. The van der Waals surface area contributed by atoms with Crippen molar-refractivity contribution in [3.63, 3.8) is 0 Å². The molecule has 48 heavy (non-hydrogen) atoms. The van der Waals surface area contributed by atoms with E-state index in [1.165, 1.54) is 10.8 Å². The van der Waals surface area contributed by atoms with Crippen LogP contribution < -0.4 is 0 Å². The van der Waals surface area contributed by atoms with Crippen molar-refractivity contribution in [3.8, 4) is 73.6 Å². The van der Waals surface area contributed by atoms with Gasteiger partial charge in [0, 0.05) is 16.7 Å². The summed E-state index contributed by atoms with van der Waals surface area (Å²) in [6.07, 6.45) is 0. The molecule has 0 aliphatic carbocycles. The van der Waals surface area contributed by atoms with Crippen LogP contribution in [0.2, 0.25) is 0 Å². The van der Waals surface area contributed by atoms with E-state index in [9.17, 15) is 5.26 Å². The highest BCUT2D eigenvalue weighted by Gasteiger charge is 2.13. The van der Waals surface area contributed by atoms with Crippen LogP contribution in [-0.4, -0.2) is 15.0 Å². The van der Waals surface area contributed by atoms with Crippen molar-refractivity contribution in [3.05, 3.63) is 175 Å². The fourth-order valence-corrected chi connectivity index (χ4v) is 6.12. The summed E-state index contributed by atoms with van der Waals surface area (Å²) in [7, 11) is 0. The first kappa shape index (κ1) is 28.8. The molecule has 4 heteroatoms. The minimum absolute atomic E-state index is 0.635. The highest BCUT2D eigenvalue weighted by Crippen LogP contribution is 2.34. The Morgan fingerprint density at radius 3 is 1.42 bits per heavy atom. The molecule has 0 saturated carbocycles. The van der Waals surface area contributed by atoms with E-state index >= 15 is 0 Å². The average Bonchev–Trinajstić information content (AvgIpc) is 3.18. The molecule has 0 aliphatic rings. The summed E-state index contributed by atoms with van der Waals surface area (Å²) in [4.78, 5) is 14.6. The maximum Gasteiger partial charge on any atom is 0.164 e. The second kappa shape index (κ2) is 12.6. The van der Waals surface area contributed by atoms with Crippen molar-refractivity contribution in [2.24, 2.45) is 0 Å². The molecular weight excluding hydrogens is 585 g/mol. The molecule has 0 bridgehead atoms. The first-order chi connectivity index (χ1) is 23.7. The summed E-state index contributed by atoms with van der Waals surface area (Å²) in [5, 5.41) is 11.9. The third-order valence-corrected chi connectivity index (χ3v) is 8.61. The van der Waals surface area contributed by atoms with Gasteiger partial charge in [0.15, 0.2) is 17.5 Å². The molecule has 0 atom stereocenters. The molecular formula is C44H28N4. The summed E-state index contributed by atoms with van der Waals surface area (Å²) >= 11 is 0. The van der Waals surface area contributed by atoms with Crippen LogP contribution in [0.25, 0.3) is 78.3 Å². The van der Waals surface area contributed by atoms with Gasteiger partial charge in [-0.1, -0.05) is 158 Å². The van der Waals surface area contributed by atoms with Gasteiger partial charge in [-0.2, -0.15) is 5.26 Å². The van der Waals surface area contributed by atoms with Crippen molar-refractivity contribution >= 4 is 10.8 Å². The number of nitrogens with zero attached hydrogens (tertiary/aromatic N) is 4. The molecule has 0 spiro atoms. The quantitative estimate of drug-likeness (QED) is 0.187. The van der Waals surface area contributed by atoms with Crippen molar-refractivity contribution in [1.29, 1.82) is 5.26 Å². The molecule has 224 valence electrons. The molecule has 1 heterocycles. The van der Waals surface area contributed by atoms with Crippen molar-refractivity contribution in [1.82, 2.24) is 15.0 Å². The van der Waals surface area contributed by atoms with Crippen LogP contribution in [0.1, 0.15) is 5.56 Å². The number of rotatable bonds is 6. The fraction of sp³-hybridized carbons (Fsp3) is 0. The van der Waals surface area contributed by atoms with Gasteiger partial charge in [-0.15, -0.1) is 0 Å². The Bertz CT molecular complexity index is 2370. The van der Waals surface area contributed by atoms with E-state index in [0.29, 0.717) is 23.0 Å². The minimum atomic E-state index is 0.635. The van der Waals surface area contributed by atoms with E-state index in [0.717, 1.165) is 50.1 Å². The third kappa shape index (κ3) is 5.62. The van der Waals surface area contributed by atoms with Crippen LogP contribution in [0.5, 0.6) is 0 Å². The van der Waals surface area contributed by atoms with Gasteiger partial charge in [-0.05, 0) is 56.3 Å². The van der Waals surface area contributed by atoms with E-state index in [4.69, 9.17) is 15.0 Å². The molecule has 0 radical (unpaired) electrons. The maximum atomic E-state index is 9.56. The zero-order valence-electron chi connectivity index (χ0n) is 26.0. The molecule has 7 aromatic carbocycles. The third-order valence-electron chi connectivity index (χ3n) is 8.61. The predicted molar refractivity (Wildman–Crippen MR) is 195 cm³/mol. The molecule has 0 aliphatic heterocycles. The van der Waals surface area contributed by atoms with Crippen LogP contribution in [0.15, 0.2) is 170 Å². The predicted octanol–water partition coefficient (Wildman–Crippen LogP) is 10.9. The van der Waals surface area contributed by atoms with Gasteiger partial charge in [0.1, 0.15) is 0 Å². The van der Waals surface area contributed by atoms with Crippen LogP contribution >= 0.6 is 0 Å². The second-order valence-electron chi connectivity index (χ2n) is 11.6. The summed E-state index contributed by atoms with van der Waals surface area (Å²) in [6, 6.07) is 60.0. The normalized spacial score (nSPS) is 10.9. The lowest BCUT2D eigenvalue weighted by Gasteiger charge is -2.12. The second-order valence-corrected chi connectivity index (χ2v) is 11.6. The zero-order chi connectivity index (χ0) is 32.3. The zero-order valence-corrected chi connectivity index (χ0v) is 26.0. The van der Waals surface area contributed by atoms with Crippen LogP contribution in [0.4, 0.5) is 0 Å². The molecule has 8 aromatic rings. The van der Waals surface area contributed by atoms with Crippen molar-refractivity contribution in [2.75, 3.05) is 0 Å². The lowest BCUT2D eigenvalue weighted by Crippen LogP contribution is -2.00. The molecule has 0 amide bonds. The first-order valence-corrected chi connectivity index (χ1v) is 15.8. The van der Waals surface area contributed by atoms with Gasteiger partial charge in [0.2, 0.25) is 0 Å². The number of hydrogen-bond donors (Lipinski definition) is 0. The van der Waals surface area contributed by atoms with Crippen LogP contribution in [0, 0.1) is 11.3 Å². The molecule has 0 N–H and O–H groups in total. The Morgan fingerprint density at radius 1 is 0.354 bits per heavy atom. The lowest BCUT2D eigenvalue weighted by molar-refractivity contribution is 1.07. The summed E-state index contributed by atoms with van der Waals surface area (Å²) in [6.45, 7) is 0. The van der Waals surface area contributed by atoms with Crippen molar-refractivity contribution in [2.45, 2.75) is 0 Å². The standard InChI is InChI=1S/C44H28N4/c45-29-38-14-7-8-16-39(38)32-20-18-30(19-21-32)37-27-24-31-15-9-17-40(41(31)28-37)33-22-25-36(26-23-33)44-47-42(34-10-3-1-4-11-34)46-43(48-44)35-12-5-2-6-13-35/h1-28H. The number of hydrogen-bond acceptors (Lipinski definition) is 4. The molecule has 0 unspecified atom stereocenters. The smallest absolute Gasteiger partial charge is 0.164 e. The topological polar surface area (TPSA) is 62.5 Å². The minimum Gasteiger partial charge on any atom is -0.208 e. The highest BCUT2D eigenvalue weighted by atomic mass is 15.0. The summed E-state index contributed by atoms with van der Waals surface area (Å²) < 4.78 is 0. The van der Waals surface area contributed by atoms with E-state index in [-0.39, 0.29) is 0 Å². The Kier molecular flexibility index (Phi) is 7.54. The van der Waals surface area contributed by atoms with Gasteiger partial charge in [0.25, 0.3) is 0 Å². The van der Waals surface area contributed by atoms with Crippen LogP contribution in [-0.2, 0) is 0 Å². The molecule has 0 fully saturated rings. The van der Waals surface area contributed by atoms with Crippen LogP contribution in [0.3, 0.4) is 0 Å². The number of fused-ring (bicyclic) bond motifs is 1. The SMILES string of the molecule is N#Cc1ccccc1-c1ccc(-c2ccc3cccc(-c4ccc(-c5nc(-c6ccccc6)nc(-c6ccccc6)n5)cc4)c3c2)cc1. The first-order valence-electron chi connectivity index (χ1n) is 15.8. The molecule has 1 aromatic heterocycles. The summed E-state index contributed by atoms with van der Waals surface area (Å²) in [5.74, 6) is 1.93. The molecule has 4 nitrogen and oxygen atoms in total. The van der Waals surface area contributed by atoms with Gasteiger partial charge in [-0.25, -0.2) is 15.0 Å². The Labute approximate surface area is 279 Å². The van der Waals surface area contributed by atoms with Crippen molar-refractivity contribution < 1.29 is 0 Å². The summed E-state index contributed by atoms with van der Waals surface area (Å²) in [5.41, 5.74) is 10.0. The monoisotopic (exact) mass is 612 g/mol. The Hall–Kier alpha value is -6.70. The molecule has 0 saturated heterocycles. The van der Waals surface area contributed by atoms with Gasteiger partial charge >= 0.3 is 0 Å². The fourth-order valence-electron chi connectivity index (χ4n) is 6.12. The Balaban J connectivity index is 1.15. The average molecular weight is 613 g/mol. The van der Waals surface area contributed by atoms with E-state index in [1.807, 2.05) is 84.9 Å². The maximum absolute atomic E-state index is 9.56. The number of nitriles is 1. The van der Waals surface area contributed by atoms with E-state index in [1.54, 1.807) is 0 Å². The highest BCUT2D eigenvalue weighted by molar-refractivity contribution is 5.99. The largest absolute Gasteiger partial charge is 0.208 e. The molecule has 8 rings (SSSR count). The van der Waals surface area contributed by atoms with E-state index in [2.05, 4.69) is 91.0 Å². The van der Waals surface area contributed by atoms with E-state index < -0.39 is 0 Å². The van der Waals surface area contributed by atoms with Gasteiger partial charge < -0.3 is 0 Å². The number of benzene rings is 7. The van der Waals surface area contributed by atoms with Gasteiger partial charge in [-0.3, -0.25) is 0 Å². The van der Waals surface area contributed by atoms with Gasteiger partial charge in [0.05, 0.1) is 11.6 Å². The number of aromatic nitrogens is 3.